The number of rotatable bonds is 6. The van der Waals surface area contributed by atoms with E-state index < -0.39 is 0 Å². The van der Waals surface area contributed by atoms with Crippen LogP contribution in [0.15, 0.2) is 53.0 Å². The predicted molar refractivity (Wildman–Crippen MR) is 107 cm³/mol. The molecule has 3 rings (SSSR count). The van der Waals surface area contributed by atoms with Gasteiger partial charge in [0, 0.05) is 31.0 Å². The zero-order valence-corrected chi connectivity index (χ0v) is 16.4. The Hall–Kier alpha value is -1.92. The Kier molecular flexibility index (Phi) is 6.04. The summed E-state index contributed by atoms with van der Waals surface area (Å²) in [4.78, 5) is 18.5. The van der Waals surface area contributed by atoms with Crippen LogP contribution in [0.25, 0.3) is 10.2 Å². The van der Waals surface area contributed by atoms with Gasteiger partial charge in [-0.25, -0.2) is 9.78 Å². The largest absolute Gasteiger partial charge is 0.338 e. The number of aryl methyl sites for hydroxylation is 1. The van der Waals surface area contributed by atoms with Gasteiger partial charge in [0.05, 0.1) is 15.2 Å². The van der Waals surface area contributed by atoms with Gasteiger partial charge in [0.25, 0.3) is 0 Å². The molecule has 0 atom stereocenters. The normalized spacial score (nSPS) is 10.8. The molecule has 0 saturated heterocycles. The molecule has 4 nitrogen and oxygen atoms in total. The van der Waals surface area contributed by atoms with Gasteiger partial charge in [-0.3, -0.25) is 0 Å². The quantitative estimate of drug-likeness (QED) is 0.583. The van der Waals surface area contributed by atoms with Crippen molar-refractivity contribution in [1.29, 1.82) is 0 Å². The Bertz CT molecular complexity index is 832. The molecule has 3 aromatic rings. The number of benzene rings is 2. The van der Waals surface area contributed by atoms with Crippen LogP contribution in [0.1, 0.15) is 17.0 Å². The molecule has 0 unspecified atom stereocenters. The highest BCUT2D eigenvalue weighted by Crippen LogP contribution is 2.22. The molecule has 130 valence electrons. The summed E-state index contributed by atoms with van der Waals surface area (Å²) in [6.45, 7) is 1.22. The number of hydrogen-bond donors (Lipinski definition) is 1. The molecule has 1 N–H and O–H groups in total. The second-order valence-electron chi connectivity index (χ2n) is 5.86. The van der Waals surface area contributed by atoms with Gasteiger partial charge in [0.15, 0.2) is 0 Å². The number of para-hydroxylation sites is 1. The Balaban J connectivity index is 1.43. The summed E-state index contributed by atoms with van der Waals surface area (Å²) in [6.07, 6.45) is 1.77. The van der Waals surface area contributed by atoms with Gasteiger partial charge in [-0.05, 0) is 30.2 Å². The molecule has 25 heavy (non-hydrogen) atoms. The highest BCUT2D eigenvalue weighted by Gasteiger charge is 2.10. The number of nitrogens with one attached hydrogen (secondary N) is 1. The SMILES string of the molecule is CN(Cc1ccccc1Br)C(=O)NCCCc1nc2ccccc2s1. The van der Waals surface area contributed by atoms with E-state index in [0.717, 1.165) is 33.4 Å². The monoisotopic (exact) mass is 417 g/mol. The molecule has 6 heteroatoms. The second kappa shape index (κ2) is 8.45. The second-order valence-corrected chi connectivity index (χ2v) is 7.83. The maximum absolute atomic E-state index is 12.2. The number of thiazole rings is 1. The maximum atomic E-state index is 12.2. The smallest absolute Gasteiger partial charge is 0.317 e. The highest BCUT2D eigenvalue weighted by atomic mass is 79.9. The van der Waals surface area contributed by atoms with E-state index in [1.54, 1.807) is 16.2 Å². The molecule has 2 amide bonds. The summed E-state index contributed by atoms with van der Waals surface area (Å²) in [5.41, 5.74) is 2.15. The molecular formula is C19H20BrN3OS. The molecule has 1 aromatic heterocycles. The zero-order valence-electron chi connectivity index (χ0n) is 14.0. The minimum Gasteiger partial charge on any atom is -0.338 e. The molecule has 0 aliphatic heterocycles. The van der Waals surface area contributed by atoms with Gasteiger partial charge in [-0.15, -0.1) is 11.3 Å². The van der Waals surface area contributed by atoms with Crippen molar-refractivity contribution in [3.05, 3.63) is 63.6 Å². The molecule has 0 aliphatic carbocycles. The fourth-order valence-electron chi connectivity index (χ4n) is 2.55. The van der Waals surface area contributed by atoms with E-state index in [4.69, 9.17) is 0 Å². The number of amides is 2. The average molecular weight is 418 g/mol. The Morgan fingerprint density at radius 1 is 1.20 bits per heavy atom. The highest BCUT2D eigenvalue weighted by molar-refractivity contribution is 9.10. The van der Waals surface area contributed by atoms with Crippen LogP contribution in [0.5, 0.6) is 0 Å². The van der Waals surface area contributed by atoms with Crippen LogP contribution in [-0.4, -0.2) is 29.5 Å². The van der Waals surface area contributed by atoms with Crippen molar-refractivity contribution in [1.82, 2.24) is 15.2 Å². The van der Waals surface area contributed by atoms with Crippen LogP contribution in [0, 0.1) is 0 Å². The van der Waals surface area contributed by atoms with Crippen molar-refractivity contribution in [2.24, 2.45) is 0 Å². The number of aromatic nitrogens is 1. The van der Waals surface area contributed by atoms with Gasteiger partial charge in [0.1, 0.15) is 0 Å². The lowest BCUT2D eigenvalue weighted by Crippen LogP contribution is -2.37. The van der Waals surface area contributed by atoms with Crippen molar-refractivity contribution < 1.29 is 4.79 Å². The summed E-state index contributed by atoms with van der Waals surface area (Å²) in [7, 11) is 1.81. The lowest BCUT2D eigenvalue weighted by Gasteiger charge is -2.18. The molecule has 1 heterocycles. The summed E-state index contributed by atoms with van der Waals surface area (Å²) >= 11 is 5.24. The van der Waals surface area contributed by atoms with Crippen molar-refractivity contribution >= 4 is 43.5 Å². The Morgan fingerprint density at radius 3 is 2.76 bits per heavy atom. The number of hydrogen-bond acceptors (Lipinski definition) is 3. The molecular weight excluding hydrogens is 398 g/mol. The Labute approximate surface area is 160 Å². The molecule has 0 bridgehead atoms. The third-order valence-corrected chi connectivity index (χ3v) is 5.76. The fraction of sp³-hybridized carbons (Fsp3) is 0.263. The van der Waals surface area contributed by atoms with Gasteiger partial charge >= 0.3 is 6.03 Å². The van der Waals surface area contributed by atoms with E-state index in [1.165, 1.54) is 4.70 Å². The number of nitrogens with zero attached hydrogens (tertiary/aromatic N) is 2. The van der Waals surface area contributed by atoms with Crippen molar-refractivity contribution in [2.75, 3.05) is 13.6 Å². The van der Waals surface area contributed by atoms with Crippen LogP contribution < -0.4 is 5.32 Å². The van der Waals surface area contributed by atoms with E-state index in [2.05, 4.69) is 32.3 Å². The summed E-state index contributed by atoms with van der Waals surface area (Å²) in [6, 6.07) is 16.1. The van der Waals surface area contributed by atoms with E-state index in [9.17, 15) is 4.79 Å². The van der Waals surface area contributed by atoms with Gasteiger partial charge in [-0.1, -0.05) is 46.3 Å². The minimum atomic E-state index is -0.0555. The van der Waals surface area contributed by atoms with Crippen LogP contribution in [0.2, 0.25) is 0 Å². The average Bonchev–Trinajstić information content (AvgIpc) is 3.03. The number of urea groups is 1. The minimum absolute atomic E-state index is 0.0555. The molecule has 0 fully saturated rings. The summed E-state index contributed by atoms with van der Waals surface area (Å²) in [5.74, 6) is 0. The maximum Gasteiger partial charge on any atom is 0.317 e. The number of carbonyl (C=O) groups is 1. The number of fused-ring (bicyclic) bond motifs is 1. The van der Waals surface area contributed by atoms with Crippen LogP contribution in [0.3, 0.4) is 0 Å². The van der Waals surface area contributed by atoms with E-state index in [1.807, 2.05) is 49.5 Å². The van der Waals surface area contributed by atoms with Crippen molar-refractivity contribution in [3.63, 3.8) is 0 Å². The first-order chi connectivity index (χ1) is 12.1. The first-order valence-corrected chi connectivity index (χ1v) is 9.81. The lowest BCUT2D eigenvalue weighted by atomic mass is 10.2. The third kappa shape index (κ3) is 4.80. The van der Waals surface area contributed by atoms with Crippen LogP contribution in [-0.2, 0) is 13.0 Å². The third-order valence-electron chi connectivity index (χ3n) is 3.89. The Morgan fingerprint density at radius 2 is 1.96 bits per heavy atom. The van der Waals surface area contributed by atoms with Gasteiger partial charge < -0.3 is 10.2 Å². The molecule has 2 aromatic carbocycles. The van der Waals surface area contributed by atoms with Crippen molar-refractivity contribution in [3.8, 4) is 0 Å². The molecule has 0 aliphatic rings. The lowest BCUT2D eigenvalue weighted by molar-refractivity contribution is 0.206. The number of halogens is 1. The molecule has 0 spiro atoms. The van der Waals surface area contributed by atoms with E-state index in [-0.39, 0.29) is 6.03 Å². The first kappa shape index (κ1) is 17.9. The number of carbonyl (C=O) groups excluding carboxylic acids is 1. The predicted octanol–water partition coefficient (Wildman–Crippen LogP) is 4.83. The first-order valence-electron chi connectivity index (χ1n) is 8.20. The fourth-order valence-corrected chi connectivity index (χ4v) is 3.97. The van der Waals surface area contributed by atoms with Gasteiger partial charge in [-0.2, -0.15) is 0 Å². The van der Waals surface area contributed by atoms with Crippen molar-refractivity contribution in [2.45, 2.75) is 19.4 Å². The summed E-state index contributed by atoms with van der Waals surface area (Å²) < 4.78 is 2.24. The molecule has 0 radical (unpaired) electrons. The van der Waals surface area contributed by atoms with Crippen LogP contribution in [0.4, 0.5) is 4.79 Å². The van der Waals surface area contributed by atoms with E-state index >= 15 is 0 Å². The standard InChI is InChI=1S/C19H20BrN3OS/c1-23(13-14-7-2-3-8-15(14)20)19(24)21-12-6-11-18-22-16-9-4-5-10-17(16)25-18/h2-5,7-10H,6,11-13H2,1H3,(H,21,24). The molecule has 0 saturated carbocycles. The van der Waals surface area contributed by atoms with Gasteiger partial charge in [0.2, 0.25) is 0 Å². The topological polar surface area (TPSA) is 45.2 Å². The zero-order chi connectivity index (χ0) is 17.6. The van der Waals surface area contributed by atoms with E-state index in [0.29, 0.717) is 13.1 Å². The summed E-state index contributed by atoms with van der Waals surface area (Å²) in [5, 5.41) is 4.10. The van der Waals surface area contributed by atoms with Crippen LogP contribution >= 0.6 is 27.3 Å².